The third kappa shape index (κ3) is 2.75. The molecule has 0 bridgehead atoms. The normalized spacial score (nSPS) is 17.6. The van der Waals surface area contributed by atoms with E-state index in [9.17, 15) is 5.11 Å². The van der Waals surface area contributed by atoms with E-state index in [1.165, 1.54) is 0 Å². The molecule has 1 fully saturated rings. The maximum Gasteiger partial charge on any atom is 0.137 e. The summed E-state index contributed by atoms with van der Waals surface area (Å²) in [6.07, 6.45) is 1.40. The van der Waals surface area contributed by atoms with Gasteiger partial charge in [0.2, 0.25) is 0 Å². The molecule has 0 radical (unpaired) electrons. The molecule has 5 heteroatoms. The van der Waals surface area contributed by atoms with Crippen molar-refractivity contribution in [3.8, 4) is 0 Å². The Morgan fingerprint density at radius 3 is 2.44 bits per heavy atom. The number of aliphatic hydroxyl groups excluding tert-OH is 1. The molecule has 0 saturated carbocycles. The predicted octanol–water partition coefficient (Wildman–Crippen LogP) is 2.52. The van der Waals surface area contributed by atoms with Gasteiger partial charge in [-0.05, 0) is 19.8 Å². The maximum absolute atomic E-state index is 9.56. The number of hydrogen-bond acceptors (Lipinski definition) is 4. The van der Waals surface area contributed by atoms with Crippen molar-refractivity contribution in [3.05, 3.63) is 16.5 Å². The van der Waals surface area contributed by atoms with E-state index in [1.54, 1.807) is 0 Å². The Morgan fingerprint density at radius 1 is 1.28 bits per heavy atom. The lowest BCUT2D eigenvalue weighted by atomic mass is 10.1. The van der Waals surface area contributed by atoms with Gasteiger partial charge in [-0.25, -0.2) is 9.97 Å². The molecule has 4 nitrogen and oxygen atoms in total. The van der Waals surface area contributed by atoms with Crippen molar-refractivity contribution in [1.82, 2.24) is 9.97 Å². The average Bonchev–Trinajstić information content (AvgIpc) is 2.33. The van der Waals surface area contributed by atoms with Crippen LogP contribution in [0, 0.1) is 6.92 Å². The largest absolute Gasteiger partial charge is 0.393 e. The van der Waals surface area contributed by atoms with E-state index in [4.69, 9.17) is 11.6 Å². The van der Waals surface area contributed by atoms with Crippen LogP contribution in [0.25, 0.3) is 0 Å². The van der Waals surface area contributed by atoms with Crippen LogP contribution in [0.4, 0.5) is 5.82 Å². The number of piperidine rings is 1. The molecule has 0 aliphatic carbocycles. The summed E-state index contributed by atoms with van der Waals surface area (Å²) in [5, 5.41) is 10.1. The second-order valence-corrected chi connectivity index (χ2v) is 5.55. The van der Waals surface area contributed by atoms with Crippen LogP contribution in [-0.2, 0) is 0 Å². The number of anilines is 1. The van der Waals surface area contributed by atoms with E-state index in [0.29, 0.717) is 5.15 Å². The molecule has 2 rings (SSSR count). The molecule has 0 amide bonds. The van der Waals surface area contributed by atoms with E-state index in [-0.39, 0.29) is 12.0 Å². The average molecular weight is 270 g/mol. The first-order chi connectivity index (χ1) is 8.49. The lowest BCUT2D eigenvalue weighted by molar-refractivity contribution is 0.145. The molecule has 1 aromatic rings. The minimum Gasteiger partial charge on any atom is -0.393 e. The van der Waals surface area contributed by atoms with Gasteiger partial charge in [-0.1, -0.05) is 25.4 Å². The monoisotopic (exact) mass is 269 g/mol. The molecular weight excluding hydrogens is 250 g/mol. The number of aliphatic hydroxyl groups is 1. The van der Waals surface area contributed by atoms with Gasteiger partial charge in [0.1, 0.15) is 16.8 Å². The zero-order valence-corrected chi connectivity index (χ0v) is 11.9. The van der Waals surface area contributed by atoms with Gasteiger partial charge in [0.05, 0.1) is 6.10 Å². The van der Waals surface area contributed by atoms with Crippen molar-refractivity contribution in [1.29, 1.82) is 0 Å². The molecule has 0 unspecified atom stereocenters. The third-order valence-corrected chi connectivity index (χ3v) is 3.73. The predicted molar refractivity (Wildman–Crippen MR) is 73.3 cm³/mol. The first-order valence-electron chi connectivity index (χ1n) is 6.46. The number of rotatable bonds is 2. The molecule has 100 valence electrons. The Kier molecular flexibility index (Phi) is 4.07. The molecule has 1 saturated heterocycles. The Bertz CT molecular complexity index is 428. The molecule has 1 N–H and O–H groups in total. The molecule has 0 spiro atoms. The van der Waals surface area contributed by atoms with E-state index in [0.717, 1.165) is 43.1 Å². The topological polar surface area (TPSA) is 49.2 Å². The van der Waals surface area contributed by atoms with Crippen LogP contribution >= 0.6 is 11.6 Å². The van der Waals surface area contributed by atoms with Crippen LogP contribution in [0.3, 0.4) is 0 Å². The summed E-state index contributed by atoms with van der Waals surface area (Å²) in [6, 6.07) is 0. The summed E-state index contributed by atoms with van der Waals surface area (Å²) < 4.78 is 0. The van der Waals surface area contributed by atoms with Crippen LogP contribution in [0.5, 0.6) is 0 Å². The van der Waals surface area contributed by atoms with E-state index >= 15 is 0 Å². The summed E-state index contributed by atoms with van der Waals surface area (Å²) in [5.74, 6) is 1.97. The lowest BCUT2D eigenvalue weighted by Gasteiger charge is -2.32. The zero-order chi connectivity index (χ0) is 13.3. The van der Waals surface area contributed by atoms with Crippen molar-refractivity contribution in [3.63, 3.8) is 0 Å². The highest BCUT2D eigenvalue weighted by Crippen LogP contribution is 2.27. The van der Waals surface area contributed by atoms with Crippen molar-refractivity contribution in [2.45, 2.75) is 45.6 Å². The van der Waals surface area contributed by atoms with Gasteiger partial charge in [0.15, 0.2) is 0 Å². The Morgan fingerprint density at radius 2 is 1.89 bits per heavy atom. The Labute approximate surface area is 113 Å². The summed E-state index contributed by atoms with van der Waals surface area (Å²) >= 11 is 6.18. The van der Waals surface area contributed by atoms with Crippen molar-refractivity contribution in [2.75, 3.05) is 18.0 Å². The summed E-state index contributed by atoms with van der Waals surface area (Å²) in [6.45, 7) is 7.72. The van der Waals surface area contributed by atoms with Crippen LogP contribution in [-0.4, -0.2) is 34.3 Å². The van der Waals surface area contributed by atoms with Crippen LogP contribution in [0.15, 0.2) is 0 Å². The van der Waals surface area contributed by atoms with Gasteiger partial charge < -0.3 is 10.0 Å². The molecule has 2 heterocycles. The second kappa shape index (κ2) is 5.41. The van der Waals surface area contributed by atoms with E-state index in [2.05, 4.69) is 28.7 Å². The SMILES string of the molecule is Cc1c(Cl)nc(C(C)C)nc1N1CCC(O)CC1. The second-order valence-electron chi connectivity index (χ2n) is 5.19. The molecule has 0 aromatic carbocycles. The summed E-state index contributed by atoms with van der Waals surface area (Å²) in [4.78, 5) is 11.1. The number of aromatic nitrogens is 2. The van der Waals surface area contributed by atoms with Gasteiger partial charge >= 0.3 is 0 Å². The highest BCUT2D eigenvalue weighted by molar-refractivity contribution is 6.30. The standard InChI is InChI=1S/C13H20ClN3O/c1-8(2)12-15-11(14)9(3)13(16-12)17-6-4-10(18)5-7-17/h8,10,18H,4-7H2,1-3H3. The highest BCUT2D eigenvalue weighted by Gasteiger charge is 2.22. The summed E-state index contributed by atoms with van der Waals surface area (Å²) in [5.41, 5.74) is 0.928. The van der Waals surface area contributed by atoms with E-state index in [1.807, 2.05) is 6.92 Å². The fourth-order valence-electron chi connectivity index (χ4n) is 2.14. The first-order valence-corrected chi connectivity index (χ1v) is 6.84. The molecular formula is C13H20ClN3O. The Hall–Kier alpha value is -0.870. The molecule has 1 aliphatic rings. The quantitative estimate of drug-likeness (QED) is 0.839. The smallest absolute Gasteiger partial charge is 0.137 e. The Balaban J connectivity index is 2.31. The number of nitrogens with zero attached hydrogens (tertiary/aromatic N) is 3. The van der Waals surface area contributed by atoms with Gasteiger partial charge in [0, 0.05) is 24.6 Å². The maximum atomic E-state index is 9.56. The molecule has 1 aromatic heterocycles. The molecule has 1 aliphatic heterocycles. The van der Waals surface area contributed by atoms with Crippen LogP contribution < -0.4 is 4.90 Å². The fourth-order valence-corrected chi connectivity index (χ4v) is 2.31. The summed E-state index contributed by atoms with van der Waals surface area (Å²) in [7, 11) is 0. The molecule has 18 heavy (non-hydrogen) atoms. The van der Waals surface area contributed by atoms with Crippen molar-refractivity contribution in [2.24, 2.45) is 0 Å². The first kappa shape index (κ1) is 13.6. The van der Waals surface area contributed by atoms with E-state index < -0.39 is 0 Å². The van der Waals surface area contributed by atoms with Gasteiger partial charge in [-0.3, -0.25) is 0 Å². The van der Waals surface area contributed by atoms with Crippen molar-refractivity contribution >= 4 is 17.4 Å². The van der Waals surface area contributed by atoms with Gasteiger partial charge in [-0.2, -0.15) is 0 Å². The minimum absolute atomic E-state index is 0.177. The van der Waals surface area contributed by atoms with Crippen LogP contribution in [0.2, 0.25) is 5.15 Å². The number of halogens is 1. The van der Waals surface area contributed by atoms with Crippen LogP contribution in [0.1, 0.15) is 44.0 Å². The molecule has 0 atom stereocenters. The van der Waals surface area contributed by atoms with Crippen molar-refractivity contribution < 1.29 is 5.11 Å². The number of hydrogen-bond donors (Lipinski definition) is 1. The highest BCUT2D eigenvalue weighted by atomic mass is 35.5. The minimum atomic E-state index is -0.177. The lowest BCUT2D eigenvalue weighted by Crippen LogP contribution is -2.37. The van der Waals surface area contributed by atoms with Gasteiger partial charge in [0.25, 0.3) is 0 Å². The van der Waals surface area contributed by atoms with Gasteiger partial charge in [-0.15, -0.1) is 0 Å². The third-order valence-electron chi connectivity index (χ3n) is 3.36. The fraction of sp³-hybridized carbons (Fsp3) is 0.692. The zero-order valence-electron chi connectivity index (χ0n) is 11.1.